The number of alkyl halides is 2. The van der Waals surface area contributed by atoms with Gasteiger partial charge in [0.25, 0.3) is 0 Å². The average Bonchev–Trinajstić information content (AvgIpc) is 3.42. The van der Waals surface area contributed by atoms with Crippen LogP contribution in [0.25, 0.3) is 10.8 Å². The molecule has 0 unspecified atom stereocenters. The van der Waals surface area contributed by atoms with Gasteiger partial charge in [-0.3, -0.25) is 29.0 Å². The molecule has 59 heavy (non-hydrogen) atoms. The number of carbonyl (C=O) groups is 5. The van der Waals surface area contributed by atoms with E-state index in [1.54, 1.807) is 42.7 Å². The van der Waals surface area contributed by atoms with Crippen LogP contribution in [0.5, 0.6) is 0 Å². The predicted octanol–water partition coefficient (Wildman–Crippen LogP) is 3.87. The smallest absolute Gasteiger partial charge is 0.306 e. The molecule has 13 nitrogen and oxygen atoms in total. The third-order valence-corrected chi connectivity index (χ3v) is 13.4. The van der Waals surface area contributed by atoms with E-state index < -0.39 is 114 Å². The number of carbonyl (C=O) groups excluding carboxylic acids is 5. The molecule has 0 bridgehead atoms. The number of hydrogen-bond donors (Lipinski definition) is 5. The van der Waals surface area contributed by atoms with E-state index in [2.05, 4.69) is 10.3 Å². The van der Waals surface area contributed by atoms with Crippen LogP contribution >= 0.6 is 0 Å². The number of amides is 1. The molecule has 1 amide bonds. The van der Waals surface area contributed by atoms with Gasteiger partial charge in [-0.1, -0.05) is 43.3 Å². The van der Waals surface area contributed by atoms with Crippen LogP contribution < -0.4 is 11.1 Å². The molecule has 6 N–H and O–H groups in total. The third-order valence-electron chi connectivity index (χ3n) is 13.4. The van der Waals surface area contributed by atoms with Gasteiger partial charge in [0.2, 0.25) is 11.7 Å². The Morgan fingerprint density at radius 3 is 2.39 bits per heavy atom. The van der Waals surface area contributed by atoms with Gasteiger partial charge in [0, 0.05) is 46.8 Å². The van der Waals surface area contributed by atoms with Crippen molar-refractivity contribution in [2.45, 2.75) is 88.1 Å². The van der Waals surface area contributed by atoms with Crippen molar-refractivity contribution in [3.8, 4) is 0 Å². The zero-order chi connectivity index (χ0) is 42.5. The maximum Gasteiger partial charge on any atom is 0.306 e. The number of Topliss-reactive ketones (excluding diaryl/α,β-unsaturated/α-hetero) is 1. The first-order chi connectivity index (χ1) is 28.0. The number of ether oxygens (including phenoxy) is 2. The maximum absolute atomic E-state index is 17.4. The lowest BCUT2D eigenvalue weighted by Crippen LogP contribution is -2.71. The number of aromatic nitrogens is 1. The fourth-order valence-electron chi connectivity index (χ4n) is 10.1. The van der Waals surface area contributed by atoms with Crippen molar-refractivity contribution in [1.82, 2.24) is 4.98 Å². The van der Waals surface area contributed by atoms with Crippen molar-refractivity contribution in [1.29, 1.82) is 0 Å². The second-order valence-electron chi connectivity index (χ2n) is 16.6. The number of nitrogens with two attached hydrogens (primary N) is 1. The van der Waals surface area contributed by atoms with Crippen molar-refractivity contribution < 1.29 is 57.5 Å². The number of anilines is 1. The van der Waals surface area contributed by atoms with Crippen LogP contribution in [0.2, 0.25) is 0 Å². The Kier molecular flexibility index (Phi) is 11.2. The van der Waals surface area contributed by atoms with Crippen LogP contribution in [0.1, 0.15) is 63.0 Å². The normalized spacial score (nSPS) is 32.6. The molecule has 2 aromatic carbocycles. The molecule has 7 rings (SSSR count). The molecule has 15 heteroatoms. The van der Waals surface area contributed by atoms with Gasteiger partial charge in [0.15, 0.2) is 23.7 Å². The molecule has 1 heterocycles. The van der Waals surface area contributed by atoms with E-state index in [9.17, 15) is 39.3 Å². The maximum atomic E-state index is 17.4. The van der Waals surface area contributed by atoms with E-state index in [0.29, 0.717) is 16.8 Å². The highest BCUT2D eigenvalue weighted by Gasteiger charge is 2.77. The Bertz CT molecular complexity index is 2250. The van der Waals surface area contributed by atoms with Crippen LogP contribution in [-0.4, -0.2) is 92.5 Å². The molecule has 3 fully saturated rings. The summed E-state index contributed by atoms with van der Waals surface area (Å²) in [5, 5.41) is 39.2. The van der Waals surface area contributed by atoms with Crippen LogP contribution in [-0.2, 0) is 40.1 Å². The fourth-order valence-corrected chi connectivity index (χ4v) is 10.1. The largest absolute Gasteiger partial charge is 0.461 e. The Labute approximate surface area is 338 Å². The predicted molar refractivity (Wildman–Crippen MR) is 209 cm³/mol. The summed E-state index contributed by atoms with van der Waals surface area (Å²) in [7, 11) is 0. The lowest BCUT2D eigenvalue weighted by Gasteiger charge is -2.62. The lowest BCUT2D eigenvalue weighted by molar-refractivity contribution is -0.226. The van der Waals surface area contributed by atoms with Crippen LogP contribution in [0.4, 0.5) is 14.5 Å². The number of rotatable bonds is 12. The van der Waals surface area contributed by atoms with E-state index >= 15 is 8.78 Å². The van der Waals surface area contributed by atoms with Crippen molar-refractivity contribution >= 4 is 45.9 Å². The monoisotopic (exact) mass is 815 g/mol. The van der Waals surface area contributed by atoms with E-state index in [0.717, 1.165) is 22.9 Å². The summed E-state index contributed by atoms with van der Waals surface area (Å²) < 4.78 is 43.4. The quantitative estimate of drug-likeness (QED) is 0.165. The highest BCUT2D eigenvalue weighted by Crippen LogP contribution is 2.70. The molecule has 0 spiro atoms. The molecule has 312 valence electrons. The molecular weight excluding hydrogens is 768 g/mol. The number of nitrogens with one attached hydrogen (secondary N) is 1. The van der Waals surface area contributed by atoms with E-state index in [4.69, 9.17) is 15.2 Å². The van der Waals surface area contributed by atoms with Gasteiger partial charge in [0.1, 0.15) is 12.8 Å². The van der Waals surface area contributed by atoms with Gasteiger partial charge in [-0.05, 0) is 84.5 Å². The summed E-state index contributed by atoms with van der Waals surface area (Å²) in [5.74, 6) is -6.45. The second-order valence-corrected chi connectivity index (χ2v) is 16.6. The van der Waals surface area contributed by atoms with Gasteiger partial charge in [-0.2, -0.15) is 0 Å². The first kappa shape index (κ1) is 41.9. The number of nitrogens with zero attached hydrogens (tertiary/aromatic N) is 1. The number of aliphatic hydroxyl groups excluding tert-OH is 2. The van der Waals surface area contributed by atoms with E-state index in [1.165, 1.54) is 19.9 Å². The van der Waals surface area contributed by atoms with E-state index in [1.807, 2.05) is 18.2 Å². The summed E-state index contributed by atoms with van der Waals surface area (Å²) in [4.78, 5) is 68.0. The van der Waals surface area contributed by atoms with Crippen molar-refractivity contribution in [2.75, 3.05) is 18.5 Å². The zero-order valence-corrected chi connectivity index (χ0v) is 32.6. The van der Waals surface area contributed by atoms with Crippen LogP contribution in [0.3, 0.4) is 0 Å². The van der Waals surface area contributed by atoms with Crippen LogP contribution in [0.15, 0.2) is 84.7 Å². The number of ketones is 2. The Balaban J connectivity index is 0.899. The molecule has 10 atom stereocenters. The summed E-state index contributed by atoms with van der Waals surface area (Å²) in [5.41, 5.74) is -0.654. The van der Waals surface area contributed by atoms with Crippen molar-refractivity contribution in [3.63, 3.8) is 0 Å². The topological polar surface area (TPSA) is 215 Å². The van der Waals surface area contributed by atoms with Gasteiger partial charge in [0.05, 0.1) is 31.0 Å². The lowest BCUT2D eigenvalue weighted by atomic mass is 9.44. The zero-order valence-electron chi connectivity index (χ0n) is 32.6. The SMILES string of the molecule is C[C@]12C=CC(=O)C=C1[C@@H](F)C[C@H]1[C@@H]3C[C@@H](O)[C@](O)(C(=O)COC(=O)CCC(=O)OCc4ccc([C@@H](CN)C(=O)Nc5ccc6cnccc6c5)cc4)[C@@]3(C)C[C@H](O)[C@@]12F. The number of benzene rings is 2. The number of halogens is 2. The molecule has 0 radical (unpaired) electrons. The minimum atomic E-state index is -2.58. The average molecular weight is 816 g/mol. The van der Waals surface area contributed by atoms with Crippen LogP contribution in [0, 0.1) is 22.7 Å². The summed E-state index contributed by atoms with van der Waals surface area (Å²) in [6.45, 7) is 1.77. The minimum Gasteiger partial charge on any atom is -0.461 e. The standard InChI is InChI=1S/C44H47F2N3O10/c1-41-13-11-29(50)16-33(41)34(45)17-32-31-18-35(51)44(57,42(31,2)19-36(52)43(32,41)46)37(53)23-59-39(55)10-9-38(54)58-22-24-3-5-25(6-4-24)30(20-47)40(56)49-28-8-7-27-21-48-14-12-26(27)15-28/h3-8,11-16,21,30-32,34-36,51-52,57H,9-10,17-20,22-23,47H2,1-2H3,(H,49,56)/t30-,31+,32+,34+,35-,36+,41+,42+,43+,44+/m1/s1. The van der Waals surface area contributed by atoms with E-state index in [-0.39, 0.29) is 31.1 Å². The Morgan fingerprint density at radius 1 is 0.966 bits per heavy atom. The molecule has 4 aliphatic rings. The first-order valence-electron chi connectivity index (χ1n) is 19.6. The molecule has 3 saturated carbocycles. The summed E-state index contributed by atoms with van der Waals surface area (Å²) >= 11 is 0. The minimum absolute atomic E-state index is 0.0460. The highest BCUT2D eigenvalue weighted by molar-refractivity contribution is 6.01. The summed E-state index contributed by atoms with van der Waals surface area (Å²) in [6, 6.07) is 14.1. The molecule has 0 saturated heterocycles. The fraction of sp³-hybridized carbons (Fsp3) is 0.455. The molecule has 1 aromatic heterocycles. The molecule has 4 aliphatic carbocycles. The molecule has 3 aromatic rings. The summed E-state index contributed by atoms with van der Waals surface area (Å²) in [6.07, 6.45) is -0.564. The Hall–Kier alpha value is -5.22. The first-order valence-corrected chi connectivity index (χ1v) is 19.6. The number of allylic oxidation sites excluding steroid dienone is 4. The number of esters is 2. The Morgan fingerprint density at radius 2 is 1.68 bits per heavy atom. The third kappa shape index (κ3) is 7.07. The molecular formula is C44H47F2N3O10. The van der Waals surface area contributed by atoms with Gasteiger partial charge >= 0.3 is 11.9 Å². The number of fused-ring (bicyclic) bond motifs is 6. The van der Waals surface area contributed by atoms with Gasteiger partial charge in [-0.25, -0.2) is 8.78 Å². The van der Waals surface area contributed by atoms with Crippen molar-refractivity contribution in [2.24, 2.45) is 28.4 Å². The highest BCUT2D eigenvalue weighted by atomic mass is 19.1. The van der Waals surface area contributed by atoms with Gasteiger partial charge < -0.3 is 35.8 Å². The van der Waals surface area contributed by atoms with Crippen molar-refractivity contribution in [3.05, 3.63) is 95.9 Å². The molecule has 0 aliphatic heterocycles. The second kappa shape index (κ2) is 15.8. The number of pyridine rings is 1. The van der Waals surface area contributed by atoms with Gasteiger partial charge in [-0.15, -0.1) is 0 Å². The number of aliphatic hydroxyl groups is 3. The number of hydrogen-bond acceptors (Lipinski definition) is 12.